The Morgan fingerprint density at radius 2 is 2.11 bits per heavy atom. The molecule has 0 saturated heterocycles. The lowest BCUT2D eigenvalue weighted by atomic mass is 10.1. The molecule has 0 radical (unpaired) electrons. The molecule has 104 valence electrons. The summed E-state index contributed by atoms with van der Waals surface area (Å²) in [6.45, 7) is 5.40. The maximum atomic E-state index is 11.7. The van der Waals surface area contributed by atoms with Crippen LogP contribution in [0.4, 0.5) is 10.5 Å². The van der Waals surface area contributed by atoms with E-state index in [1.54, 1.807) is 32.9 Å². The first-order valence-corrected chi connectivity index (χ1v) is 6.58. The second-order valence-corrected chi connectivity index (χ2v) is 6.00. The highest BCUT2D eigenvalue weighted by Gasteiger charge is 2.17. The van der Waals surface area contributed by atoms with Gasteiger partial charge in [0.2, 0.25) is 0 Å². The summed E-state index contributed by atoms with van der Waals surface area (Å²) in [5.41, 5.74) is 6.25. The van der Waals surface area contributed by atoms with Crippen molar-refractivity contribution in [2.45, 2.75) is 32.8 Å². The molecular weight excluding hydrogens is 310 g/mol. The molecule has 1 rings (SSSR count). The molecule has 0 unspecified atom stereocenters. The number of carbonyl (C=O) groups is 1. The van der Waals surface area contributed by atoms with Gasteiger partial charge in [0.15, 0.2) is 0 Å². The first-order chi connectivity index (χ1) is 8.67. The largest absolute Gasteiger partial charge is 0.444 e. The molecule has 0 saturated carbocycles. The molecule has 0 aliphatic carbocycles. The van der Waals surface area contributed by atoms with Gasteiger partial charge in [0.1, 0.15) is 5.60 Å². The van der Waals surface area contributed by atoms with Crippen LogP contribution in [0.2, 0.25) is 0 Å². The smallest absolute Gasteiger partial charge is 0.412 e. The van der Waals surface area contributed by atoms with Crippen molar-refractivity contribution in [2.24, 2.45) is 5.73 Å². The average molecular weight is 328 g/mol. The van der Waals surface area contributed by atoms with Crippen molar-refractivity contribution in [1.29, 1.82) is 5.41 Å². The summed E-state index contributed by atoms with van der Waals surface area (Å²) in [7, 11) is 0. The number of hydrogen-bond donors (Lipinski definition) is 3. The van der Waals surface area contributed by atoms with Gasteiger partial charge in [-0.3, -0.25) is 10.7 Å². The molecule has 1 aromatic rings. The number of carbonyl (C=O) groups excluding carboxylic acids is 1. The SMILES string of the molecule is CC(C)(C)OC(=O)Nc1cc(CC(=N)N)ccc1Br. The average Bonchev–Trinajstić information content (AvgIpc) is 2.19. The maximum absolute atomic E-state index is 11.7. The Balaban J connectivity index is 2.82. The molecule has 0 aliphatic heterocycles. The molecular formula is C13H18BrN3O2. The molecule has 0 aliphatic rings. The number of anilines is 1. The third-order valence-electron chi connectivity index (χ3n) is 2.06. The number of nitrogens with two attached hydrogens (primary N) is 1. The molecule has 4 N–H and O–H groups in total. The van der Waals surface area contributed by atoms with Crippen LogP contribution in [-0.2, 0) is 11.2 Å². The fraction of sp³-hybridized carbons (Fsp3) is 0.385. The van der Waals surface area contributed by atoms with E-state index in [1.807, 2.05) is 6.07 Å². The Bertz CT molecular complexity index is 495. The number of amidine groups is 1. The van der Waals surface area contributed by atoms with Crippen LogP contribution in [0, 0.1) is 5.41 Å². The van der Waals surface area contributed by atoms with Crippen LogP contribution in [0.15, 0.2) is 22.7 Å². The number of nitrogens with one attached hydrogen (secondary N) is 2. The van der Waals surface area contributed by atoms with Crippen LogP contribution in [0.1, 0.15) is 26.3 Å². The van der Waals surface area contributed by atoms with Gasteiger partial charge in [-0.15, -0.1) is 0 Å². The molecule has 19 heavy (non-hydrogen) atoms. The van der Waals surface area contributed by atoms with Crippen LogP contribution in [-0.4, -0.2) is 17.5 Å². The Morgan fingerprint density at radius 3 is 2.63 bits per heavy atom. The lowest BCUT2D eigenvalue weighted by Crippen LogP contribution is -2.27. The highest BCUT2D eigenvalue weighted by Crippen LogP contribution is 2.24. The minimum atomic E-state index is -0.548. The third kappa shape index (κ3) is 5.74. The van der Waals surface area contributed by atoms with E-state index in [4.69, 9.17) is 15.9 Å². The van der Waals surface area contributed by atoms with Gasteiger partial charge in [-0.05, 0) is 54.4 Å². The number of hydrogen-bond acceptors (Lipinski definition) is 3. The molecule has 0 bridgehead atoms. The first kappa shape index (κ1) is 15.5. The first-order valence-electron chi connectivity index (χ1n) is 5.79. The van der Waals surface area contributed by atoms with Gasteiger partial charge < -0.3 is 10.5 Å². The zero-order chi connectivity index (χ0) is 14.6. The van der Waals surface area contributed by atoms with Crippen molar-refractivity contribution in [3.63, 3.8) is 0 Å². The van der Waals surface area contributed by atoms with Crippen LogP contribution >= 0.6 is 15.9 Å². The predicted molar refractivity (Wildman–Crippen MR) is 79.6 cm³/mol. The van der Waals surface area contributed by atoms with Crippen molar-refractivity contribution in [3.8, 4) is 0 Å². The molecule has 5 nitrogen and oxygen atoms in total. The van der Waals surface area contributed by atoms with E-state index in [1.165, 1.54) is 0 Å². The zero-order valence-electron chi connectivity index (χ0n) is 11.2. The fourth-order valence-corrected chi connectivity index (χ4v) is 1.76. The number of benzene rings is 1. The van der Waals surface area contributed by atoms with Gasteiger partial charge in [0.05, 0.1) is 11.5 Å². The van der Waals surface area contributed by atoms with E-state index in [9.17, 15) is 4.79 Å². The van der Waals surface area contributed by atoms with Gasteiger partial charge in [0.25, 0.3) is 0 Å². The Morgan fingerprint density at radius 1 is 1.47 bits per heavy atom. The summed E-state index contributed by atoms with van der Waals surface area (Å²) in [5, 5.41) is 9.93. The van der Waals surface area contributed by atoms with Crippen molar-refractivity contribution >= 4 is 33.5 Å². The molecule has 1 amide bonds. The zero-order valence-corrected chi connectivity index (χ0v) is 12.8. The van der Waals surface area contributed by atoms with Crippen molar-refractivity contribution in [1.82, 2.24) is 0 Å². The quantitative estimate of drug-likeness (QED) is 0.588. The standard InChI is InChI=1S/C13H18BrN3O2/c1-13(2,3)19-12(18)17-10-6-8(7-11(15)16)4-5-9(10)14/h4-6H,7H2,1-3H3,(H3,15,16)(H,17,18). The summed E-state index contributed by atoms with van der Waals surface area (Å²) >= 11 is 3.35. The van der Waals surface area contributed by atoms with Gasteiger partial charge in [-0.25, -0.2) is 4.79 Å². The molecule has 6 heteroatoms. The van der Waals surface area contributed by atoms with E-state index < -0.39 is 11.7 Å². The normalized spacial score (nSPS) is 10.9. The lowest BCUT2D eigenvalue weighted by molar-refractivity contribution is 0.0636. The second kappa shape index (κ2) is 6.06. The predicted octanol–water partition coefficient (Wildman–Crippen LogP) is 3.27. The number of rotatable bonds is 3. The maximum Gasteiger partial charge on any atom is 0.412 e. The Kier molecular flexibility index (Phi) is 4.94. The van der Waals surface area contributed by atoms with Crippen molar-refractivity contribution in [2.75, 3.05) is 5.32 Å². The van der Waals surface area contributed by atoms with E-state index >= 15 is 0 Å². The highest BCUT2D eigenvalue weighted by molar-refractivity contribution is 9.10. The van der Waals surface area contributed by atoms with Gasteiger partial charge in [-0.1, -0.05) is 6.07 Å². The van der Waals surface area contributed by atoms with Crippen molar-refractivity contribution in [3.05, 3.63) is 28.2 Å². The van der Waals surface area contributed by atoms with E-state index in [0.717, 1.165) is 10.0 Å². The Hall–Kier alpha value is -1.56. The molecule has 0 fully saturated rings. The van der Waals surface area contributed by atoms with Crippen LogP contribution in [0.5, 0.6) is 0 Å². The van der Waals surface area contributed by atoms with Crippen LogP contribution < -0.4 is 11.1 Å². The lowest BCUT2D eigenvalue weighted by Gasteiger charge is -2.20. The van der Waals surface area contributed by atoms with E-state index in [0.29, 0.717) is 12.1 Å². The number of amides is 1. The van der Waals surface area contributed by atoms with Gasteiger partial charge in [0, 0.05) is 10.9 Å². The van der Waals surface area contributed by atoms with E-state index in [-0.39, 0.29) is 5.84 Å². The van der Waals surface area contributed by atoms with Gasteiger partial charge >= 0.3 is 6.09 Å². The monoisotopic (exact) mass is 327 g/mol. The summed E-state index contributed by atoms with van der Waals surface area (Å²) in [6, 6.07) is 5.39. The summed E-state index contributed by atoms with van der Waals surface area (Å²) < 4.78 is 5.92. The fourth-order valence-electron chi connectivity index (χ4n) is 1.41. The molecule has 0 heterocycles. The second-order valence-electron chi connectivity index (χ2n) is 5.14. The topological polar surface area (TPSA) is 88.2 Å². The van der Waals surface area contributed by atoms with E-state index in [2.05, 4.69) is 21.2 Å². The molecule has 0 aromatic heterocycles. The Labute approximate surface area is 121 Å². The van der Waals surface area contributed by atoms with Crippen LogP contribution in [0.25, 0.3) is 0 Å². The highest BCUT2D eigenvalue weighted by atomic mass is 79.9. The van der Waals surface area contributed by atoms with Crippen molar-refractivity contribution < 1.29 is 9.53 Å². The number of halogens is 1. The number of ether oxygens (including phenoxy) is 1. The summed E-state index contributed by atoms with van der Waals surface area (Å²) in [5.74, 6) is 0.0746. The summed E-state index contributed by atoms with van der Waals surface area (Å²) in [6.07, 6.45) is -0.177. The minimum absolute atomic E-state index is 0.0746. The molecule has 0 atom stereocenters. The summed E-state index contributed by atoms with van der Waals surface area (Å²) in [4.78, 5) is 11.7. The van der Waals surface area contributed by atoms with Crippen LogP contribution in [0.3, 0.4) is 0 Å². The third-order valence-corrected chi connectivity index (χ3v) is 2.75. The molecule has 0 spiro atoms. The molecule has 1 aromatic carbocycles. The van der Waals surface area contributed by atoms with Gasteiger partial charge in [-0.2, -0.15) is 0 Å². The minimum Gasteiger partial charge on any atom is -0.444 e.